The minimum absolute atomic E-state index is 0.0942. The highest BCUT2D eigenvalue weighted by molar-refractivity contribution is 6.29. The Bertz CT molecular complexity index is 389. The summed E-state index contributed by atoms with van der Waals surface area (Å²) in [4.78, 5) is 8.77. The van der Waals surface area contributed by atoms with E-state index in [-0.39, 0.29) is 10.8 Å². The molecule has 0 radical (unpaired) electrons. The lowest BCUT2D eigenvalue weighted by molar-refractivity contribution is 0.442. The van der Waals surface area contributed by atoms with Crippen LogP contribution in [0.25, 0.3) is 0 Å². The van der Waals surface area contributed by atoms with Crippen LogP contribution in [-0.4, -0.2) is 16.5 Å². The molecule has 0 aliphatic heterocycles. The molecule has 1 rings (SSSR count). The molecule has 1 aromatic rings. The van der Waals surface area contributed by atoms with Crippen molar-refractivity contribution in [2.75, 3.05) is 11.9 Å². The van der Waals surface area contributed by atoms with Crippen LogP contribution in [0.15, 0.2) is 6.07 Å². The van der Waals surface area contributed by atoms with Gasteiger partial charge in [-0.05, 0) is 5.41 Å². The molecule has 96 valence electrons. The van der Waals surface area contributed by atoms with Gasteiger partial charge in [0.05, 0.1) is 0 Å². The predicted octanol–water partition coefficient (Wildman–Crippen LogP) is 3.89. The van der Waals surface area contributed by atoms with E-state index in [1.807, 2.05) is 0 Å². The molecule has 0 aromatic carbocycles. The van der Waals surface area contributed by atoms with Gasteiger partial charge in [-0.15, -0.1) is 0 Å². The molecule has 0 fully saturated rings. The number of nitrogens with one attached hydrogen (secondary N) is 1. The topological polar surface area (TPSA) is 37.8 Å². The second-order valence-corrected chi connectivity index (χ2v) is 6.95. The smallest absolute Gasteiger partial charge is 0.137 e. The Hall–Kier alpha value is -0.830. The summed E-state index contributed by atoms with van der Waals surface area (Å²) in [6, 6.07) is 1.77. The molecule has 17 heavy (non-hydrogen) atoms. The molecule has 1 N–H and O–H groups in total. The monoisotopic (exact) mass is 255 g/mol. The van der Waals surface area contributed by atoms with Crippen molar-refractivity contribution in [2.45, 2.75) is 47.0 Å². The first-order valence-corrected chi connectivity index (χ1v) is 6.25. The van der Waals surface area contributed by atoms with E-state index in [1.165, 1.54) is 0 Å². The van der Waals surface area contributed by atoms with Gasteiger partial charge in [0, 0.05) is 18.0 Å². The summed E-state index contributed by atoms with van der Waals surface area (Å²) < 4.78 is 0. The third-order valence-electron chi connectivity index (χ3n) is 2.17. The first-order chi connectivity index (χ1) is 7.58. The van der Waals surface area contributed by atoms with Gasteiger partial charge in [0.1, 0.15) is 16.8 Å². The van der Waals surface area contributed by atoms with Crippen LogP contribution in [0.3, 0.4) is 0 Å². The van der Waals surface area contributed by atoms with Crippen LogP contribution in [0.1, 0.15) is 47.4 Å². The number of anilines is 1. The lowest BCUT2D eigenvalue weighted by atomic mass is 9.95. The zero-order valence-electron chi connectivity index (χ0n) is 11.6. The molecule has 0 saturated heterocycles. The molecule has 0 aliphatic carbocycles. The van der Waals surface area contributed by atoms with E-state index in [1.54, 1.807) is 6.07 Å². The van der Waals surface area contributed by atoms with Crippen LogP contribution in [0.2, 0.25) is 5.15 Å². The van der Waals surface area contributed by atoms with Crippen LogP contribution >= 0.6 is 11.6 Å². The van der Waals surface area contributed by atoms with Crippen LogP contribution in [-0.2, 0) is 5.41 Å². The van der Waals surface area contributed by atoms with Crippen LogP contribution in [0.5, 0.6) is 0 Å². The van der Waals surface area contributed by atoms with Crippen LogP contribution in [0.4, 0.5) is 5.82 Å². The zero-order valence-corrected chi connectivity index (χ0v) is 12.3. The first-order valence-electron chi connectivity index (χ1n) is 5.87. The molecule has 1 heterocycles. The van der Waals surface area contributed by atoms with Crippen molar-refractivity contribution < 1.29 is 0 Å². The Kier molecular flexibility index (Phi) is 4.03. The molecule has 0 aliphatic rings. The van der Waals surface area contributed by atoms with Crippen molar-refractivity contribution >= 4 is 17.4 Å². The fourth-order valence-electron chi connectivity index (χ4n) is 1.20. The van der Waals surface area contributed by atoms with Crippen molar-refractivity contribution in [3.63, 3.8) is 0 Å². The van der Waals surface area contributed by atoms with Crippen LogP contribution in [0, 0.1) is 5.41 Å². The maximum atomic E-state index is 6.01. The van der Waals surface area contributed by atoms with E-state index >= 15 is 0 Å². The third kappa shape index (κ3) is 4.90. The standard InChI is InChI=1S/C13H22ClN3/c1-12(2,3)8-15-10-7-9(14)16-11(17-10)13(4,5)6/h7H,8H2,1-6H3,(H,15,16,17). The minimum Gasteiger partial charge on any atom is -0.369 e. The number of aromatic nitrogens is 2. The number of hydrogen-bond donors (Lipinski definition) is 1. The molecule has 0 spiro atoms. The molecule has 0 atom stereocenters. The molecule has 1 aromatic heterocycles. The SMILES string of the molecule is CC(C)(C)CNc1cc(Cl)nc(C(C)(C)C)n1. The van der Waals surface area contributed by atoms with E-state index in [0.29, 0.717) is 5.15 Å². The van der Waals surface area contributed by atoms with Crippen molar-refractivity contribution in [1.82, 2.24) is 9.97 Å². The summed E-state index contributed by atoms with van der Waals surface area (Å²) in [5, 5.41) is 3.79. The van der Waals surface area contributed by atoms with E-state index in [9.17, 15) is 0 Å². The van der Waals surface area contributed by atoms with Gasteiger partial charge in [0.2, 0.25) is 0 Å². The van der Waals surface area contributed by atoms with E-state index < -0.39 is 0 Å². The number of halogens is 1. The lowest BCUT2D eigenvalue weighted by Gasteiger charge is -2.21. The summed E-state index contributed by atoms with van der Waals surface area (Å²) in [5.41, 5.74) is 0.113. The molecule has 4 heteroatoms. The van der Waals surface area contributed by atoms with Gasteiger partial charge in [-0.3, -0.25) is 0 Å². The van der Waals surface area contributed by atoms with Crippen molar-refractivity contribution in [3.05, 3.63) is 17.0 Å². The minimum atomic E-state index is -0.0942. The van der Waals surface area contributed by atoms with Gasteiger partial charge in [0.25, 0.3) is 0 Å². The average Bonchev–Trinajstić information content (AvgIpc) is 2.11. The normalized spacial score (nSPS) is 12.6. The lowest BCUT2D eigenvalue weighted by Crippen LogP contribution is -2.22. The fourth-order valence-corrected chi connectivity index (χ4v) is 1.38. The van der Waals surface area contributed by atoms with E-state index in [0.717, 1.165) is 18.2 Å². The Morgan fingerprint density at radius 2 is 1.71 bits per heavy atom. The van der Waals surface area contributed by atoms with Gasteiger partial charge in [-0.25, -0.2) is 9.97 Å². The second kappa shape index (κ2) is 4.81. The molecule has 0 saturated carbocycles. The van der Waals surface area contributed by atoms with Crippen molar-refractivity contribution in [1.29, 1.82) is 0 Å². The fraction of sp³-hybridized carbons (Fsp3) is 0.692. The molecule has 0 unspecified atom stereocenters. The first kappa shape index (κ1) is 14.2. The van der Waals surface area contributed by atoms with E-state index in [4.69, 9.17) is 11.6 Å². The quantitative estimate of drug-likeness (QED) is 0.815. The number of hydrogen-bond acceptors (Lipinski definition) is 3. The maximum Gasteiger partial charge on any atom is 0.137 e. The van der Waals surface area contributed by atoms with Crippen LogP contribution < -0.4 is 5.32 Å². The summed E-state index contributed by atoms with van der Waals surface area (Å²) in [5.74, 6) is 1.56. The highest BCUT2D eigenvalue weighted by Crippen LogP contribution is 2.23. The molecule has 3 nitrogen and oxygen atoms in total. The van der Waals surface area contributed by atoms with Gasteiger partial charge < -0.3 is 5.32 Å². The maximum absolute atomic E-state index is 6.01. The highest BCUT2D eigenvalue weighted by Gasteiger charge is 2.19. The molecule has 0 bridgehead atoms. The summed E-state index contributed by atoms with van der Waals surface area (Å²) >= 11 is 6.01. The van der Waals surface area contributed by atoms with Crippen molar-refractivity contribution in [3.8, 4) is 0 Å². The summed E-state index contributed by atoms with van der Waals surface area (Å²) in [7, 11) is 0. The highest BCUT2D eigenvalue weighted by atomic mass is 35.5. The Morgan fingerprint density at radius 3 is 2.18 bits per heavy atom. The average molecular weight is 256 g/mol. The molecule has 0 amide bonds. The number of nitrogens with zero attached hydrogens (tertiary/aromatic N) is 2. The van der Waals surface area contributed by atoms with E-state index in [2.05, 4.69) is 56.8 Å². The Morgan fingerprint density at radius 1 is 1.12 bits per heavy atom. The van der Waals surface area contributed by atoms with Gasteiger partial charge in [0.15, 0.2) is 0 Å². The summed E-state index contributed by atoms with van der Waals surface area (Å²) in [6.45, 7) is 13.6. The Labute approximate surface area is 109 Å². The zero-order chi connectivity index (χ0) is 13.3. The summed E-state index contributed by atoms with van der Waals surface area (Å²) in [6.07, 6.45) is 0. The predicted molar refractivity (Wildman–Crippen MR) is 73.7 cm³/mol. The number of rotatable bonds is 2. The van der Waals surface area contributed by atoms with Gasteiger partial charge >= 0.3 is 0 Å². The largest absolute Gasteiger partial charge is 0.369 e. The van der Waals surface area contributed by atoms with Crippen molar-refractivity contribution in [2.24, 2.45) is 5.41 Å². The van der Waals surface area contributed by atoms with Gasteiger partial charge in [-0.2, -0.15) is 0 Å². The third-order valence-corrected chi connectivity index (χ3v) is 2.36. The molecular weight excluding hydrogens is 234 g/mol. The van der Waals surface area contributed by atoms with Gasteiger partial charge in [-0.1, -0.05) is 53.1 Å². The molecular formula is C13H22ClN3. The second-order valence-electron chi connectivity index (χ2n) is 6.56. The Balaban J connectivity index is 2.91.